The molecule has 0 bridgehead atoms. The van der Waals surface area contributed by atoms with Gasteiger partial charge in [0.1, 0.15) is 5.65 Å². The predicted octanol–water partition coefficient (Wildman–Crippen LogP) is 5.16. The summed E-state index contributed by atoms with van der Waals surface area (Å²) in [4.78, 5) is 14.1. The van der Waals surface area contributed by atoms with Crippen LogP contribution < -0.4 is 0 Å². The van der Waals surface area contributed by atoms with Gasteiger partial charge in [-0.1, -0.05) is 36.4 Å². The summed E-state index contributed by atoms with van der Waals surface area (Å²) in [5.41, 5.74) is 10.4. The minimum Gasteiger partial charge on any atom is -0.289 e. The van der Waals surface area contributed by atoms with Crippen LogP contribution in [0, 0.1) is 0 Å². The topological polar surface area (TPSA) is 43.1 Å². The van der Waals surface area contributed by atoms with Crippen LogP contribution >= 0.6 is 0 Å². The van der Waals surface area contributed by atoms with E-state index in [1.165, 1.54) is 27.6 Å². The maximum absolute atomic E-state index is 4.97. The van der Waals surface area contributed by atoms with E-state index in [-0.39, 0.29) is 0 Å². The zero-order chi connectivity index (χ0) is 18.2. The summed E-state index contributed by atoms with van der Waals surface area (Å²) in [6.07, 6.45) is 6.54. The lowest BCUT2D eigenvalue weighted by molar-refractivity contribution is 1.26. The van der Waals surface area contributed by atoms with Crippen LogP contribution in [0.15, 0.2) is 73.2 Å². The third-order valence-electron chi connectivity index (χ3n) is 5.92. The highest BCUT2D eigenvalue weighted by Gasteiger charge is 2.24. The average molecular weight is 358 g/mol. The van der Waals surface area contributed by atoms with Gasteiger partial charge in [0, 0.05) is 23.2 Å². The van der Waals surface area contributed by atoms with Crippen LogP contribution in [-0.2, 0) is 6.42 Å². The van der Waals surface area contributed by atoms with Gasteiger partial charge in [-0.2, -0.15) is 0 Å². The van der Waals surface area contributed by atoms with Gasteiger partial charge in [0.15, 0.2) is 0 Å². The highest BCUT2D eigenvalue weighted by Crippen LogP contribution is 2.44. The van der Waals surface area contributed by atoms with Crippen molar-refractivity contribution < 1.29 is 0 Å². The third kappa shape index (κ3) is 1.63. The van der Waals surface area contributed by atoms with E-state index in [1.54, 1.807) is 6.20 Å². The quantitative estimate of drug-likeness (QED) is 0.352. The van der Waals surface area contributed by atoms with Gasteiger partial charge in [0.25, 0.3) is 0 Å². The third-order valence-corrected chi connectivity index (χ3v) is 5.92. The molecule has 0 amide bonds. The number of hydrogen-bond donors (Lipinski definition) is 0. The van der Waals surface area contributed by atoms with E-state index >= 15 is 0 Å². The molecular formula is C24H14N4. The van der Waals surface area contributed by atoms with Crippen molar-refractivity contribution in [2.24, 2.45) is 0 Å². The maximum atomic E-state index is 4.97. The number of fused-ring (bicyclic) bond motifs is 12. The summed E-state index contributed by atoms with van der Waals surface area (Å²) in [6, 6.07) is 19.3. The fourth-order valence-corrected chi connectivity index (χ4v) is 4.77. The lowest BCUT2D eigenvalue weighted by atomic mass is 9.97. The van der Waals surface area contributed by atoms with E-state index in [0.29, 0.717) is 0 Å². The van der Waals surface area contributed by atoms with Gasteiger partial charge in [0.05, 0.1) is 28.3 Å². The molecule has 1 aliphatic carbocycles. The van der Waals surface area contributed by atoms with Crippen molar-refractivity contribution in [2.75, 3.05) is 0 Å². The normalized spacial score (nSPS) is 12.9. The second kappa shape index (κ2) is 4.93. The molecule has 0 saturated heterocycles. The van der Waals surface area contributed by atoms with Gasteiger partial charge in [-0.05, 0) is 46.9 Å². The largest absolute Gasteiger partial charge is 0.289 e. The molecule has 7 rings (SSSR count). The van der Waals surface area contributed by atoms with Crippen molar-refractivity contribution in [2.45, 2.75) is 6.42 Å². The summed E-state index contributed by atoms with van der Waals surface area (Å²) >= 11 is 0. The zero-order valence-corrected chi connectivity index (χ0v) is 14.9. The lowest BCUT2D eigenvalue weighted by Gasteiger charge is -2.12. The highest BCUT2D eigenvalue weighted by atomic mass is 15.0. The van der Waals surface area contributed by atoms with Gasteiger partial charge in [-0.3, -0.25) is 14.4 Å². The number of benzene rings is 2. The number of hydrogen-bond acceptors (Lipinski definition) is 3. The van der Waals surface area contributed by atoms with E-state index in [1.807, 2.05) is 24.5 Å². The minimum atomic E-state index is 0.952. The first-order valence-corrected chi connectivity index (χ1v) is 9.43. The monoisotopic (exact) mass is 358 g/mol. The molecule has 0 N–H and O–H groups in total. The van der Waals surface area contributed by atoms with E-state index in [4.69, 9.17) is 9.97 Å². The van der Waals surface area contributed by atoms with Crippen LogP contribution in [0.3, 0.4) is 0 Å². The molecule has 0 atom stereocenters. The van der Waals surface area contributed by atoms with E-state index in [0.717, 1.165) is 39.5 Å². The molecule has 4 aromatic heterocycles. The molecule has 6 aromatic rings. The van der Waals surface area contributed by atoms with Gasteiger partial charge in [0.2, 0.25) is 0 Å². The Balaban J connectivity index is 1.82. The van der Waals surface area contributed by atoms with Gasteiger partial charge >= 0.3 is 0 Å². The Morgan fingerprint density at radius 3 is 2.79 bits per heavy atom. The SMILES string of the molecule is c1ccc2c(c1)Cc1ccc3c(c1-2)c1ncccc1n1c2cnccc2nc31. The molecule has 0 fully saturated rings. The van der Waals surface area contributed by atoms with Gasteiger partial charge in [-0.15, -0.1) is 0 Å². The molecule has 4 heteroatoms. The smallest absolute Gasteiger partial charge is 0.146 e. The number of rotatable bonds is 0. The number of nitrogens with zero attached hydrogens (tertiary/aromatic N) is 4. The summed E-state index contributed by atoms with van der Waals surface area (Å²) in [6.45, 7) is 0. The van der Waals surface area contributed by atoms with E-state index < -0.39 is 0 Å². The summed E-state index contributed by atoms with van der Waals surface area (Å²) in [5, 5.41) is 2.34. The molecule has 0 aliphatic heterocycles. The van der Waals surface area contributed by atoms with Crippen molar-refractivity contribution in [3.8, 4) is 11.1 Å². The van der Waals surface area contributed by atoms with E-state index in [2.05, 4.69) is 51.8 Å². The predicted molar refractivity (Wildman–Crippen MR) is 112 cm³/mol. The van der Waals surface area contributed by atoms with Gasteiger partial charge < -0.3 is 0 Å². The average Bonchev–Trinajstić information content (AvgIpc) is 3.32. The van der Waals surface area contributed by atoms with Crippen LogP contribution in [0.25, 0.3) is 49.6 Å². The van der Waals surface area contributed by atoms with Gasteiger partial charge in [-0.25, -0.2) is 4.98 Å². The van der Waals surface area contributed by atoms with Crippen LogP contribution in [0.2, 0.25) is 0 Å². The molecule has 4 nitrogen and oxygen atoms in total. The molecule has 130 valence electrons. The second-order valence-electron chi connectivity index (χ2n) is 7.36. The Labute approximate surface area is 160 Å². The van der Waals surface area contributed by atoms with Crippen molar-refractivity contribution in [3.05, 3.63) is 84.3 Å². The van der Waals surface area contributed by atoms with Crippen molar-refractivity contribution in [3.63, 3.8) is 0 Å². The molecule has 1 aliphatic rings. The molecule has 0 saturated carbocycles. The van der Waals surface area contributed by atoms with Crippen molar-refractivity contribution in [1.82, 2.24) is 19.4 Å². The Morgan fingerprint density at radius 1 is 0.821 bits per heavy atom. The minimum absolute atomic E-state index is 0.952. The number of aromatic nitrogens is 4. The standard InChI is InChI=1S/C24H14N4/c1-2-5-16-14(4-1)12-15-7-8-17-22(21(15)16)23-19(6-3-10-26-23)28-20-13-25-11-9-18(20)27-24(17)28/h1-11,13H,12H2. The Hall–Kier alpha value is -3.79. The summed E-state index contributed by atoms with van der Waals surface area (Å²) < 4.78 is 2.19. The zero-order valence-electron chi connectivity index (χ0n) is 14.9. The fourth-order valence-electron chi connectivity index (χ4n) is 4.77. The summed E-state index contributed by atoms with van der Waals surface area (Å²) in [7, 11) is 0. The first kappa shape index (κ1) is 14.3. The molecule has 4 heterocycles. The van der Waals surface area contributed by atoms with Crippen molar-refractivity contribution in [1.29, 1.82) is 0 Å². The lowest BCUT2D eigenvalue weighted by Crippen LogP contribution is -1.95. The first-order valence-electron chi connectivity index (χ1n) is 9.43. The van der Waals surface area contributed by atoms with Crippen LogP contribution in [-0.4, -0.2) is 19.4 Å². The molecule has 2 aromatic carbocycles. The van der Waals surface area contributed by atoms with Crippen LogP contribution in [0.4, 0.5) is 0 Å². The second-order valence-corrected chi connectivity index (χ2v) is 7.36. The van der Waals surface area contributed by atoms with Crippen LogP contribution in [0.5, 0.6) is 0 Å². The Bertz CT molecular complexity index is 1590. The number of imidazole rings is 1. The Kier molecular flexibility index (Phi) is 2.51. The first-order chi connectivity index (χ1) is 13.9. The Morgan fingerprint density at radius 2 is 1.79 bits per heavy atom. The molecule has 28 heavy (non-hydrogen) atoms. The molecular weight excluding hydrogens is 344 g/mol. The number of pyridine rings is 3. The van der Waals surface area contributed by atoms with Crippen molar-refractivity contribution >= 4 is 38.5 Å². The molecule has 0 radical (unpaired) electrons. The van der Waals surface area contributed by atoms with E-state index in [9.17, 15) is 0 Å². The fraction of sp³-hybridized carbons (Fsp3) is 0.0417. The van der Waals surface area contributed by atoms with Crippen LogP contribution in [0.1, 0.15) is 11.1 Å². The molecule has 0 spiro atoms. The highest BCUT2D eigenvalue weighted by molar-refractivity contribution is 6.19. The maximum Gasteiger partial charge on any atom is 0.146 e. The molecule has 0 unspecified atom stereocenters. The summed E-state index contributed by atoms with van der Waals surface area (Å²) in [5.74, 6) is 0.